The second-order valence-electron chi connectivity index (χ2n) is 3.60. The minimum atomic E-state index is -0.810. The molecule has 0 radical (unpaired) electrons. The highest BCUT2D eigenvalue weighted by Crippen LogP contribution is 2.27. The number of thioether (sulfide) groups is 1. The largest absolute Gasteiger partial charge is 0.376 e. The van der Waals surface area contributed by atoms with Gasteiger partial charge in [0.25, 0.3) is 0 Å². The van der Waals surface area contributed by atoms with Crippen molar-refractivity contribution >= 4 is 23.1 Å². The third kappa shape index (κ3) is 3.89. The van der Waals surface area contributed by atoms with E-state index in [2.05, 4.69) is 5.32 Å². The maximum Gasteiger partial charge on any atom is 0.327 e. The van der Waals surface area contributed by atoms with Gasteiger partial charge in [0.2, 0.25) is 5.82 Å². The third-order valence-corrected chi connectivity index (χ3v) is 3.29. The van der Waals surface area contributed by atoms with Gasteiger partial charge >= 0.3 is 5.69 Å². The van der Waals surface area contributed by atoms with E-state index in [1.54, 1.807) is 11.8 Å². The van der Waals surface area contributed by atoms with Crippen LogP contribution in [0.5, 0.6) is 0 Å². The van der Waals surface area contributed by atoms with Crippen molar-refractivity contribution in [1.82, 2.24) is 0 Å². The molecule has 0 aromatic heterocycles. The molecule has 17 heavy (non-hydrogen) atoms. The van der Waals surface area contributed by atoms with Gasteiger partial charge in [-0.3, -0.25) is 10.1 Å². The highest BCUT2D eigenvalue weighted by Gasteiger charge is 2.20. The monoisotopic (exact) mass is 258 g/mol. The second-order valence-corrected chi connectivity index (χ2v) is 4.92. The zero-order valence-corrected chi connectivity index (χ0v) is 10.6. The van der Waals surface area contributed by atoms with E-state index in [0.717, 1.165) is 17.6 Å². The van der Waals surface area contributed by atoms with E-state index in [-0.39, 0.29) is 11.7 Å². The topological polar surface area (TPSA) is 55.2 Å². The van der Waals surface area contributed by atoms with Crippen molar-refractivity contribution in [1.29, 1.82) is 0 Å². The third-order valence-electron chi connectivity index (χ3n) is 2.14. The van der Waals surface area contributed by atoms with Gasteiger partial charge in [-0.1, -0.05) is 13.0 Å². The summed E-state index contributed by atoms with van der Waals surface area (Å²) in [6, 6.07) is 4.13. The Morgan fingerprint density at radius 2 is 2.29 bits per heavy atom. The fourth-order valence-electron chi connectivity index (χ4n) is 1.42. The minimum Gasteiger partial charge on any atom is -0.376 e. The molecule has 0 saturated carbocycles. The van der Waals surface area contributed by atoms with Crippen LogP contribution in [0, 0.1) is 15.9 Å². The lowest BCUT2D eigenvalue weighted by Crippen LogP contribution is -2.19. The summed E-state index contributed by atoms with van der Waals surface area (Å²) in [5.41, 5.74) is -0.250. The molecule has 1 atom stereocenters. The molecule has 1 aromatic carbocycles. The molecule has 4 nitrogen and oxygen atoms in total. The molecule has 0 bridgehead atoms. The molecular weight excluding hydrogens is 243 g/mol. The van der Waals surface area contributed by atoms with E-state index < -0.39 is 16.4 Å². The first-order valence-electron chi connectivity index (χ1n) is 5.33. The molecule has 0 aliphatic heterocycles. The molecule has 1 rings (SSSR count). The molecule has 0 spiro atoms. The average molecular weight is 258 g/mol. The number of nitro benzene ring substituents is 1. The first-order chi connectivity index (χ1) is 8.06. The predicted octanol–water partition coefficient (Wildman–Crippen LogP) is 3.29. The van der Waals surface area contributed by atoms with E-state index in [1.807, 2.05) is 13.8 Å². The van der Waals surface area contributed by atoms with Crippen LogP contribution in [0.25, 0.3) is 0 Å². The molecule has 0 aliphatic rings. The summed E-state index contributed by atoms with van der Waals surface area (Å²) in [4.78, 5) is 10.1. The summed E-state index contributed by atoms with van der Waals surface area (Å²) in [6.07, 6.45) is 0. The first kappa shape index (κ1) is 13.8. The minimum absolute atomic E-state index is 0.0560. The molecule has 1 N–H and O–H groups in total. The quantitative estimate of drug-likeness (QED) is 0.628. The fourth-order valence-corrected chi connectivity index (χ4v) is 2.09. The molecule has 6 heteroatoms. The SMILES string of the molecule is CCSCC(C)Nc1cccc(F)c1[N+](=O)[O-]. The summed E-state index contributed by atoms with van der Waals surface area (Å²) in [6.45, 7) is 3.96. The van der Waals surface area contributed by atoms with E-state index in [0.29, 0.717) is 0 Å². The van der Waals surface area contributed by atoms with Crippen LogP contribution in [0.2, 0.25) is 0 Å². The van der Waals surface area contributed by atoms with Crippen molar-refractivity contribution in [3.8, 4) is 0 Å². The maximum atomic E-state index is 13.3. The number of halogens is 1. The Bertz CT molecular complexity index is 401. The molecule has 1 unspecified atom stereocenters. The van der Waals surface area contributed by atoms with Gasteiger partial charge in [-0.15, -0.1) is 0 Å². The van der Waals surface area contributed by atoms with Gasteiger partial charge in [-0.2, -0.15) is 16.2 Å². The molecule has 0 amide bonds. The highest BCUT2D eigenvalue weighted by atomic mass is 32.2. The van der Waals surface area contributed by atoms with Crippen LogP contribution in [0.1, 0.15) is 13.8 Å². The molecule has 94 valence electrons. The van der Waals surface area contributed by atoms with E-state index in [9.17, 15) is 14.5 Å². The Hall–Kier alpha value is -1.30. The van der Waals surface area contributed by atoms with Crippen molar-refractivity contribution < 1.29 is 9.31 Å². The number of rotatable bonds is 6. The number of nitrogens with zero attached hydrogens (tertiary/aromatic N) is 1. The van der Waals surface area contributed by atoms with Gasteiger partial charge < -0.3 is 5.32 Å². The van der Waals surface area contributed by atoms with E-state index in [4.69, 9.17) is 0 Å². The molecule has 0 heterocycles. The second kappa shape index (κ2) is 6.44. The van der Waals surface area contributed by atoms with Crippen molar-refractivity contribution in [2.24, 2.45) is 0 Å². The van der Waals surface area contributed by atoms with Crippen LogP contribution in [0.3, 0.4) is 0 Å². The standard InChI is InChI=1S/C11H15FN2O2S/c1-3-17-7-8(2)13-10-6-4-5-9(12)11(10)14(15)16/h4-6,8,13H,3,7H2,1-2H3. The van der Waals surface area contributed by atoms with Crippen molar-refractivity contribution in [2.45, 2.75) is 19.9 Å². The van der Waals surface area contributed by atoms with E-state index >= 15 is 0 Å². The lowest BCUT2D eigenvalue weighted by atomic mass is 10.2. The fraction of sp³-hybridized carbons (Fsp3) is 0.455. The average Bonchev–Trinajstić information content (AvgIpc) is 2.25. The smallest absolute Gasteiger partial charge is 0.327 e. The lowest BCUT2D eigenvalue weighted by molar-refractivity contribution is -0.386. The summed E-state index contributed by atoms with van der Waals surface area (Å²) in [5, 5.41) is 13.7. The predicted molar refractivity (Wildman–Crippen MR) is 69.1 cm³/mol. The number of hydrogen-bond donors (Lipinski definition) is 1. The van der Waals surface area contributed by atoms with Crippen LogP contribution in [0.15, 0.2) is 18.2 Å². The van der Waals surface area contributed by atoms with Crippen LogP contribution >= 0.6 is 11.8 Å². The molecule has 1 aromatic rings. The van der Waals surface area contributed by atoms with Gasteiger partial charge in [0.05, 0.1) is 4.92 Å². The normalized spacial score (nSPS) is 12.2. The zero-order chi connectivity index (χ0) is 12.8. The Kier molecular flexibility index (Phi) is 5.21. The molecule has 0 fully saturated rings. The summed E-state index contributed by atoms with van der Waals surface area (Å²) in [7, 11) is 0. The van der Waals surface area contributed by atoms with Crippen molar-refractivity contribution in [2.75, 3.05) is 16.8 Å². The highest BCUT2D eigenvalue weighted by molar-refractivity contribution is 7.99. The maximum absolute atomic E-state index is 13.3. The van der Waals surface area contributed by atoms with Crippen molar-refractivity contribution in [3.63, 3.8) is 0 Å². The van der Waals surface area contributed by atoms with Gasteiger partial charge in [-0.25, -0.2) is 0 Å². The Morgan fingerprint density at radius 3 is 2.88 bits per heavy atom. The number of anilines is 1. The first-order valence-corrected chi connectivity index (χ1v) is 6.49. The lowest BCUT2D eigenvalue weighted by Gasteiger charge is -2.14. The Labute approximate surface area is 104 Å². The number of benzene rings is 1. The van der Waals surface area contributed by atoms with E-state index in [1.165, 1.54) is 12.1 Å². The van der Waals surface area contributed by atoms with Gasteiger partial charge in [0.1, 0.15) is 5.69 Å². The van der Waals surface area contributed by atoms with Crippen LogP contribution in [0.4, 0.5) is 15.8 Å². The number of nitro groups is 1. The summed E-state index contributed by atoms with van der Waals surface area (Å²) in [5.74, 6) is 0.997. The van der Waals surface area contributed by atoms with Gasteiger partial charge in [0, 0.05) is 11.8 Å². The number of para-hydroxylation sites is 1. The molecule has 0 saturated heterocycles. The van der Waals surface area contributed by atoms with Crippen LogP contribution in [-0.2, 0) is 0 Å². The molecule has 0 aliphatic carbocycles. The van der Waals surface area contributed by atoms with Crippen LogP contribution < -0.4 is 5.32 Å². The Morgan fingerprint density at radius 1 is 1.59 bits per heavy atom. The number of nitrogens with one attached hydrogen (secondary N) is 1. The van der Waals surface area contributed by atoms with Crippen LogP contribution in [-0.4, -0.2) is 22.5 Å². The van der Waals surface area contributed by atoms with Crippen molar-refractivity contribution in [3.05, 3.63) is 34.1 Å². The zero-order valence-electron chi connectivity index (χ0n) is 9.77. The number of hydrogen-bond acceptors (Lipinski definition) is 4. The summed E-state index contributed by atoms with van der Waals surface area (Å²) < 4.78 is 13.3. The van der Waals surface area contributed by atoms with Gasteiger partial charge in [-0.05, 0) is 24.8 Å². The van der Waals surface area contributed by atoms with Gasteiger partial charge in [0.15, 0.2) is 0 Å². The molecular formula is C11H15FN2O2S. The summed E-state index contributed by atoms with van der Waals surface area (Å²) >= 11 is 1.73. The Balaban J connectivity index is 2.83.